The Morgan fingerprint density at radius 3 is 1.92 bits per heavy atom. The summed E-state index contributed by atoms with van der Waals surface area (Å²) < 4.78 is 52.1. The van der Waals surface area contributed by atoms with Crippen molar-refractivity contribution < 1.29 is 16.8 Å². The third-order valence-corrected chi connectivity index (χ3v) is 7.11. The molecule has 2 rings (SSSR count). The van der Waals surface area contributed by atoms with Crippen LogP contribution in [0, 0.1) is 0 Å². The van der Waals surface area contributed by atoms with Crippen LogP contribution < -0.4 is 4.72 Å². The number of hydrogen-bond donors (Lipinski definition) is 1. The highest BCUT2D eigenvalue weighted by Crippen LogP contribution is 2.24. The minimum atomic E-state index is -3.59. The molecule has 0 bridgehead atoms. The molecule has 1 heterocycles. The lowest BCUT2D eigenvalue weighted by Crippen LogP contribution is -2.46. The van der Waals surface area contributed by atoms with Crippen LogP contribution in [0.5, 0.6) is 0 Å². The molecule has 1 aliphatic heterocycles. The van der Waals surface area contributed by atoms with Crippen LogP contribution in [0.4, 0.5) is 0 Å². The SMILES string of the molecule is CC(C)(C)c1ccc(S(=O)(=O)NC2CCN(S(C)(=O)=O)CC2)cc1. The van der Waals surface area contributed by atoms with E-state index in [1.165, 1.54) is 10.6 Å². The van der Waals surface area contributed by atoms with Gasteiger partial charge in [0.15, 0.2) is 0 Å². The largest absolute Gasteiger partial charge is 0.240 e. The molecule has 6 nitrogen and oxygen atoms in total. The normalized spacial score (nSPS) is 18.7. The van der Waals surface area contributed by atoms with Crippen molar-refractivity contribution in [2.45, 2.75) is 50.0 Å². The maximum absolute atomic E-state index is 12.5. The molecule has 0 amide bonds. The van der Waals surface area contributed by atoms with Crippen LogP contribution in [0.15, 0.2) is 29.2 Å². The first-order valence-electron chi connectivity index (χ1n) is 7.97. The summed E-state index contributed by atoms with van der Waals surface area (Å²) in [5, 5.41) is 0. The fourth-order valence-corrected chi connectivity index (χ4v) is 4.91. The van der Waals surface area contributed by atoms with Gasteiger partial charge in [-0.3, -0.25) is 0 Å². The summed E-state index contributed by atoms with van der Waals surface area (Å²) in [6.07, 6.45) is 2.13. The Morgan fingerprint density at radius 1 is 1.00 bits per heavy atom. The zero-order valence-electron chi connectivity index (χ0n) is 14.6. The molecular weight excluding hydrogens is 348 g/mol. The van der Waals surface area contributed by atoms with E-state index in [1.807, 2.05) is 12.1 Å². The van der Waals surface area contributed by atoms with E-state index in [0.29, 0.717) is 25.9 Å². The standard InChI is InChI=1S/C16H26N2O4S2/c1-16(2,3)13-5-7-15(8-6-13)24(21,22)17-14-9-11-18(12-10-14)23(4,19)20/h5-8,14,17H,9-12H2,1-4H3. The second-order valence-electron chi connectivity index (χ2n) is 7.33. The van der Waals surface area contributed by atoms with E-state index in [0.717, 1.165) is 5.56 Å². The molecule has 1 aromatic rings. The fourth-order valence-electron chi connectivity index (χ4n) is 2.73. The summed E-state index contributed by atoms with van der Waals surface area (Å²) >= 11 is 0. The molecule has 0 spiro atoms. The molecule has 0 aromatic heterocycles. The third kappa shape index (κ3) is 4.78. The number of hydrogen-bond acceptors (Lipinski definition) is 4. The van der Waals surface area contributed by atoms with Gasteiger partial charge < -0.3 is 0 Å². The van der Waals surface area contributed by atoms with Crippen molar-refractivity contribution >= 4 is 20.0 Å². The highest BCUT2D eigenvalue weighted by atomic mass is 32.2. The number of benzene rings is 1. The van der Waals surface area contributed by atoms with E-state index < -0.39 is 20.0 Å². The lowest BCUT2D eigenvalue weighted by molar-refractivity contribution is 0.310. The Balaban J connectivity index is 2.05. The first-order valence-corrected chi connectivity index (χ1v) is 11.3. The van der Waals surface area contributed by atoms with Gasteiger partial charge >= 0.3 is 0 Å². The fraction of sp³-hybridized carbons (Fsp3) is 0.625. The van der Waals surface area contributed by atoms with Crippen molar-refractivity contribution in [1.29, 1.82) is 0 Å². The van der Waals surface area contributed by atoms with E-state index in [-0.39, 0.29) is 16.4 Å². The van der Waals surface area contributed by atoms with Crippen LogP contribution in [-0.2, 0) is 25.5 Å². The second-order valence-corrected chi connectivity index (χ2v) is 11.0. The molecule has 0 saturated carbocycles. The van der Waals surface area contributed by atoms with Gasteiger partial charge in [0.05, 0.1) is 11.2 Å². The van der Waals surface area contributed by atoms with E-state index >= 15 is 0 Å². The highest BCUT2D eigenvalue weighted by molar-refractivity contribution is 7.89. The van der Waals surface area contributed by atoms with Crippen molar-refractivity contribution in [3.05, 3.63) is 29.8 Å². The molecule has 1 fully saturated rings. The Kier molecular flexibility index (Phi) is 5.44. The molecule has 8 heteroatoms. The van der Waals surface area contributed by atoms with Gasteiger partial charge in [0, 0.05) is 19.1 Å². The molecular formula is C16H26N2O4S2. The van der Waals surface area contributed by atoms with Crippen LogP contribution in [-0.4, -0.2) is 46.5 Å². The predicted octanol–water partition coefficient (Wildman–Crippen LogP) is 1.69. The number of rotatable bonds is 4. The maximum Gasteiger partial charge on any atom is 0.240 e. The number of nitrogens with zero attached hydrogens (tertiary/aromatic N) is 1. The van der Waals surface area contributed by atoms with Gasteiger partial charge in [-0.1, -0.05) is 32.9 Å². The summed E-state index contributed by atoms with van der Waals surface area (Å²) in [5.74, 6) is 0. The Morgan fingerprint density at radius 2 is 1.50 bits per heavy atom. The zero-order chi connectivity index (χ0) is 18.2. The van der Waals surface area contributed by atoms with Gasteiger partial charge in [-0.2, -0.15) is 0 Å². The number of piperidine rings is 1. The lowest BCUT2D eigenvalue weighted by atomic mass is 9.87. The van der Waals surface area contributed by atoms with E-state index in [1.54, 1.807) is 12.1 Å². The molecule has 24 heavy (non-hydrogen) atoms. The van der Waals surface area contributed by atoms with Gasteiger partial charge in [-0.25, -0.2) is 25.9 Å². The molecule has 0 unspecified atom stereocenters. The molecule has 0 radical (unpaired) electrons. The molecule has 0 atom stereocenters. The number of nitrogens with one attached hydrogen (secondary N) is 1. The van der Waals surface area contributed by atoms with E-state index in [4.69, 9.17) is 0 Å². The number of sulfonamides is 2. The van der Waals surface area contributed by atoms with Crippen molar-refractivity contribution in [2.24, 2.45) is 0 Å². The van der Waals surface area contributed by atoms with Crippen molar-refractivity contribution in [2.75, 3.05) is 19.3 Å². The summed E-state index contributed by atoms with van der Waals surface area (Å²) in [7, 11) is -6.80. The molecule has 136 valence electrons. The average molecular weight is 375 g/mol. The molecule has 1 aromatic carbocycles. The van der Waals surface area contributed by atoms with Crippen molar-refractivity contribution in [1.82, 2.24) is 9.03 Å². The van der Waals surface area contributed by atoms with Gasteiger partial charge in [0.2, 0.25) is 20.0 Å². The average Bonchev–Trinajstić information content (AvgIpc) is 2.46. The monoisotopic (exact) mass is 374 g/mol. The summed E-state index contributed by atoms with van der Waals surface area (Å²) in [6, 6.07) is 6.67. The van der Waals surface area contributed by atoms with Crippen molar-refractivity contribution in [3.63, 3.8) is 0 Å². The molecule has 0 aliphatic carbocycles. The van der Waals surface area contributed by atoms with Gasteiger partial charge in [-0.05, 0) is 36.0 Å². The van der Waals surface area contributed by atoms with Crippen LogP contribution in [0.3, 0.4) is 0 Å². The van der Waals surface area contributed by atoms with Gasteiger partial charge in [0.25, 0.3) is 0 Å². The topological polar surface area (TPSA) is 83.6 Å². The van der Waals surface area contributed by atoms with E-state index in [9.17, 15) is 16.8 Å². The minimum absolute atomic E-state index is 0.0335. The van der Waals surface area contributed by atoms with E-state index in [2.05, 4.69) is 25.5 Å². The summed E-state index contributed by atoms with van der Waals surface area (Å²) in [6.45, 7) is 6.91. The van der Waals surface area contributed by atoms with Crippen LogP contribution in [0.2, 0.25) is 0 Å². The maximum atomic E-state index is 12.5. The smallest absolute Gasteiger partial charge is 0.213 e. The minimum Gasteiger partial charge on any atom is -0.213 e. The summed E-state index contributed by atoms with van der Waals surface area (Å²) in [4.78, 5) is 0.237. The third-order valence-electron chi connectivity index (χ3n) is 4.28. The molecule has 1 aliphatic rings. The predicted molar refractivity (Wildman–Crippen MR) is 94.9 cm³/mol. The Bertz CT molecular complexity index is 770. The first kappa shape index (κ1) is 19.4. The molecule has 1 saturated heterocycles. The summed E-state index contributed by atoms with van der Waals surface area (Å²) in [5.41, 5.74) is 1.04. The first-order chi connectivity index (χ1) is 10.9. The van der Waals surface area contributed by atoms with Gasteiger partial charge in [-0.15, -0.1) is 0 Å². The van der Waals surface area contributed by atoms with Crippen LogP contribution in [0.1, 0.15) is 39.2 Å². The van der Waals surface area contributed by atoms with Crippen molar-refractivity contribution in [3.8, 4) is 0 Å². The highest BCUT2D eigenvalue weighted by Gasteiger charge is 2.28. The van der Waals surface area contributed by atoms with Crippen LogP contribution >= 0.6 is 0 Å². The zero-order valence-corrected chi connectivity index (χ0v) is 16.2. The quantitative estimate of drug-likeness (QED) is 0.869. The van der Waals surface area contributed by atoms with Crippen LogP contribution in [0.25, 0.3) is 0 Å². The lowest BCUT2D eigenvalue weighted by Gasteiger charge is -2.30. The van der Waals surface area contributed by atoms with Gasteiger partial charge in [0.1, 0.15) is 0 Å². The Hall–Kier alpha value is -0.960. The Labute approximate surface area is 145 Å². The second kappa shape index (κ2) is 6.74. The molecule has 1 N–H and O–H groups in total.